The molecule has 1 amide bonds. The fourth-order valence-corrected chi connectivity index (χ4v) is 6.17. The summed E-state index contributed by atoms with van der Waals surface area (Å²) in [6, 6.07) is 12.0. The second kappa shape index (κ2) is 7.81. The van der Waals surface area contributed by atoms with E-state index in [1.165, 1.54) is 35.2 Å². The number of carbonyl (C=O) groups excluding carboxylic acids is 1. The van der Waals surface area contributed by atoms with E-state index in [0.29, 0.717) is 28.8 Å². The number of hydrogen-bond donors (Lipinski definition) is 1. The number of hydrogen-bond acceptors (Lipinski definition) is 6. The normalized spacial score (nSPS) is 18.5. The zero-order chi connectivity index (χ0) is 21.6. The molecule has 3 aromatic rings. The first kappa shape index (κ1) is 20.3. The summed E-state index contributed by atoms with van der Waals surface area (Å²) in [4.78, 5) is 21.1. The van der Waals surface area contributed by atoms with Gasteiger partial charge in [0.1, 0.15) is 6.04 Å². The summed E-state index contributed by atoms with van der Waals surface area (Å²) < 4.78 is 27.5. The summed E-state index contributed by atoms with van der Waals surface area (Å²) in [5.41, 5.74) is 2.93. The average molecular weight is 475 g/mol. The lowest BCUT2D eigenvalue weighted by atomic mass is 10.1. The molecule has 160 valence electrons. The van der Waals surface area contributed by atoms with Crippen LogP contribution in [0.1, 0.15) is 12.0 Å². The van der Waals surface area contributed by atoms with Gasteiger partial charge in [0.2, 0.25) is 5.91 Å². The molecule has 2 aromatic carbocycles. The first-order valence-electron chi connectivity index (χ1n) is 9.81. The summed E-state index contributed by atoms with van der Waals surface area (Å²) in [5.74, 6) is 0.0271. The number of benzene rings is 2. The quantitative estimate of drug-likeness (QED) is 0.608. The van der Waals surface area contributed by atoms with Gasteiger partial charge >= 0.3 is 0 Å². The van der Waals surface area contributed by atoms with E-state index in [9.17, 15) is 13.2 Å². The maximum Gasteiger partial charge on any atom is 0.263 e. The van der Waals surface area contributed by atoms with Crippen molar-refractivity contribution in [2.75, 3.05) is 27.6 Å². The number of anilines is 3. The number of carbonyl (C=O) groups is 1. The molecular formula is C21H19ClN4O3S2. The molecule has 31 heavy (non-hydrogen) atoms. The van der Waals surface area contributed by atoms with Gasteiger partial charge in [-0.1, -0.05) is 11.6 Å². The lowest BCUT2D eigenvalue weighted by Crippen LogP contribution is -2.41. The molecule has 2 aliphatic rings. The van der Waals surface area contributed by atoms with Crippen LogP contribution in [-0.2, 0) is 21.2 Å². The van der Waals surface area contributed by atoms with Gasteiger partial charge < -0.3 is 9.80 Å². The molecule has 0 spiro atoms. The first-order chi connectivity index (χ1) is 14.9. The number of halogens is 1. The highest BCUT2D eigenvalue weighted by Crippen LogP contribution is 2.35. The molecule has 5 rings (SSSR count). The molecule has 2 aliphatic heterocycles. The monoisotopic (exact) mass is 474 g/mol. The van der Waals surface area contributed by atoms with Crippen LogP contribution in [0.4, 0.5) is 16.5 Å². The predicted octanol–water partition coefficient (Wildman–Crippen LogP) is 3.77. The smallest absolute Gasteiger partial charge is 0.263 e. The zero-order valence-corrected chi connectivity index (χ0v) is 18.8. The van der Waals surface area contributed by atoms with E-state index in [1.54, 1.807) is 22.4 Å². The van der Waals surface area contributed by atoms with Gasteiger partial charge in [0, 0.05) is 41.1 Å². The van der Waals surface area contributed by atoms with E-state index in [4.69, 9.17) is 11.6 Å². The van der Waals surface area contributed by atoms with Gasteiger partial charge in [-0.05, 0) is 60.9 Å². The topological polar surface area (TPSA) is 82.6 Å². The van der Waals surface area contributed by atoms with Crippen LogP contribution in [0.25, 0.3) is 0 Å². The highest BCUT2D eigenvalue weighted by molar-refractivity contribution is 7.93. The lowest BCUT2D eigenvalue weighted by molar-refractivity contribution is -0.118. The van der Waals surface area contributed by atoms with Crippen molar-refractivity contribution in [2.45, 2.75) is 23.8 Å². The number of nitrogens with one attached hydrogen (secondary N) is 1. The molecule has 1 atom stereocenters. The number of nitrogens with zero attached hydrogens (tertiary/aromatic N) is 3. The van der Waals surface area contributed by atoms with Gasteiger partial charge in [-0.2, -0.15) is 0 Å². The molecule has 1 N–H and O–H groups in total. The molecule has 0 radical (unpaired) electrons. The lowest BCUT2D eigenvalue weighted by Gasteiger charge is -2.26. The van der Waals surface area contributed by atoms with Gasteiger partial charge in [0.25, 0.3) is 10.0 Å². The van der Waals surface area contributed by atoms with Gasteiger partial charge in [-0.15, -0.1) is 11.3 Å². The van der Waals surface area contributed by atoms with Crippen molar-refractivity contribution >= 4 is 55.4 Å². The SMILES string of the molecule is O=C1[C@@H](N2CCc3cc(Cl)ccc32)CCN1c1ccc(S(=O)(=O)Nc2nccs2)cc1. The van der Waals surface area contributed by atoms with E-state index in [1.807, 2.05) is 18.2 Å². The van der Waals surface area contributed by atoms with Crippen molar-refractivity contribution in [3.8, 4) is 0 Å². The Morgan fingerprint density at radius 2 is 1.94 bits per heavy atom. The number of aromatic nitrogens is 1. The van der Waals surface area contributed by atoms with Crippen molar-refractivity contribution < 1.29 is 13.2 Å². The third-order valence-electron chi connectivity index (χ3n) is 5.64. The van der Waals surface area contributed by atoms with Crippen LogP contribution in [0.2, 0.25) is 5.02 Å². The summed E-state index contributed by atoms with van der Waals surface area (Å²) in [7, 11) is -3.72. The molecule has 0 saturated carbocycles. The molecule has 10 heteroatoms. The average Bonchev–Trinajstić information content (AvgIpc) is 3.48. The van der Waals surface area contributed by atoms with Gasteiger partial charge in [-0.3, -0.25) is 9.52 Å². The molecule has 0 bridgehead atoms. The van der Waals surface area contributed by atoms with Gasteiger partial charge in [0.15, 0.2) is 5.13 Å². The number of sulfonamides is 1. The maximum atomic E-state index is 13.2. The fraction of sp³-hybridized carbons (Fsp3) is 0.238. The molecule has 1 aromatic heterocycles. The van der Waals surface area contributed by atoms with Crippen molar-refractivity contribution in [3.63, 3.8) is 0 Å². The highest BCUT2D eigenvalue weighted by Gasteiger charge is 2.39. The Kier molecular flexibility index (Phi) is 5.11. The van der Waals surface area contributed by atoms with Crippen LogP contribution in [0.3, 0.4) is 0 Å². The minimum absolute atomic E-state index is 0.0271. The van der Waals surface area contributed by atoms with Crippen LogP contribution in [0.15, 0.2) is 58.9 Å². The number of rotatable bonds is 5. The van der Waals surface area contributed by atoms with Crippen LogP contribution in [-0.4, -0.2) is 38.4 Å². The van der Waals surface area contributed by atoms with Crippen LogP contribution < -0.4 is 14.5 Å². The molecular weight excluding hydrogens is 456 g/mol. The van der Waals surface area contributed by atoms with Gasteiger partial charge in [0.05, 0.1) is 4.90 Å². The molecule has 1 fully saturated rings. The summed E-state index contributed by atoms with van der Waals surface area (Å²) >= 11 is 7.31. The van der Waals surface area contributed by atoms with E-state index in [2.05, 4.69) is 14.6 Å². The molecule has 3 heterocycles. The number of fused-ring (bicyclic) bond motifs is 1. The van der Waals surface area contributed by atoms with Crippen LogP contribution in [0.5, 0.6) is 0 Å². The second-order valence-corrected chi connectivity index (χ2v) is 10.5. The van der Waals surface area contributed by atoms with Gasteiger partial charge in [-0.25, -0.2) is 13.4 Å². The third kappa shape index (κ3) is 3.77. The Hall–Kier alpha value is -2.62. The van der Waals surface area contributed by atoms with Crippen molar-refractivity contribution in [1.82, 2.24) is 4.98 Å². The molecule has 0 unspecified atom stereocenters. The summed E-state index contributed by atoms with van der Waals surface area (Å²) in [5, 5.41) is 2.72. The Balaban J connectivity index is 1.32. The number of amides is 1. The van der Waals surface area contributed by atoms with Crippen molar-refractivity contribution in [3.05, 3.63) is 64.6 Å². The largest absolute Gasteiger partial charge is 0.359 e. The molecule has 0 aliphatic carbocycles. The Morgan fingerprint density at radius 1 is 1.13 bits per heavy atom. The zero-order valence-electron chi connectivity index (χ0n) is 16.4. The third-order valence-corrected chi connectivity index (χ3v) is 8.05. The van der Waals surface area contributed by atoms with Crippen molar-refractivity contribution in [2.24, 2.45) is 0 Å². The van der Waals surface area contributed by atoms with E-state index in [-0.39, 0.29) is 16.8 Å². The van der Waals surface area contributed by atoms with E-state index < -0.39 is 10.0 Å². The van der Waals surface area contributed by atoms with E-state index in [0.717, 1.165) is 18.7 Å². The van der Waals surface area contributed by atoms with Crippen molar-refractivity contribution in [1.29, 1.82) is 0 Å². The summed E-state index contributed by atoms with van der Waals surface area (Å²) in [6.07, 6.45) is 3.12. The van der Waals surface area contributed by atoms with E-state index >= 15 is 0 Å². The second-order valence-electron chi connectivity index (χ2n) is 7.45. The summed E-state index contributed by atoms with van der Waals surface area (Å²) in [6.45, 7) is 1.38. The highest BCUT2D eigenvalue weighted by atomic mass is 35.5. The predicted molar refractivity (Wildman–Crippen MR) is 123 cm³/mol. The van der Waals surface area contributed by atoms with Crippen LogP contribution in [0, 0.1) is 0 Å². The fourth-order valence-electron chi connectivity index (χ4n) is 4.18. The van der Waals surface area contributed by atoms with Crippen LogP contribution >= 0.6 is 22.9 Å². The maximum absolute atomic E-state index is 13.2. The Morgan fingerprint density at radius 3 is 2.68 bits per heavy atom. The Labute approximate surface area is 189 Å². The minimum Gasteiger partial charge on any atom is -0.359 e. The number of thiazole rings is 1. The Bertz CT molecular complexity index is 1230. The minimum atomic E-state index is -3.72. The first-order valence-corrected chi connectivity index (χ1v) is 12.6. The standard InChI is InChI=1S/C21H19ClN4O3S2/c22-15-1-6-18-14(13-15)7-10-26(18)19-8-11-25(20(19)27)16-2-4-17(5-3-16)31(28,29)24-21-23-9-12-30-21/h1-6,9,12-13,19H,7-8,10-11H2,(H,23,24)/t19-/m0/s1. The molecule has 1 saturated heterocycles. The molecule has 7 nitrogen and oxygen atoms in total.